The number of amides is 1. The summed E-state index contributed by atoms with van der Waals surface area (Å²) in [6, 6.07) is 8.64. The molecule has 0 unspecified atom stereocenters. The molecule has 1 N–H and O–H groups in total. The molecule has 0 spiro atoms. The number of hydrogen-bond acceptors (Lipinski definition) is 4. The number of nitrogens with one attached hydrogen (secondary N) is 1. The third kappa shape index (κ3) is 4.18. The lowest BCUT2D eigenvalue weighted by molar-refractivity contribution is -0.114. The van der Waals surface area contributed by atoms with E-state index in [0.717, 1.165) is 17.7 Å². The number of ether oxygens (including phenoxy) is 1. The highest BCUT2D eigenvalue weighted by Crippen LogP contribution is 2.25. The molecule has 0 radical (unpaired) electrons. The number of hydrogen-bond donors (Lipinski definition) is 1. The number of esters is 1. The van der Waals surface area contributed by atoms with Crippen LogP contribution >= 0.6 is 11.3 Å². The molecule has 0 aliphatic carbocycles. The Kier molecular flexibility index (Phi) is 5.33. The normalized spacial score (nSPS) is 10.3. The molecule has 0 fully saturated rings. The van der Waals surface area contributed by atoms with E-state index >= 15 is 0 Å². The minimum absolute atomic E-state index is 0.137. The molecule has 2 rings (SSSR count). The number of benzene rings is 1. The minimum atomic E-state index is -0.345. The molecule has 5 heteroatoms. The number of rotatable bonds is 5. The lowest BCUT2D eigenvalue weighted by Gasteiger charge is -2.05. The van der Waals surface area contributed by atoms with E-state index in [0.29, 0.717) is 16.3 Å². The molecule has 0 atom stereocenters. The lowest BCUT2D eigenvalue weighted by atomic mass is 10.1. The van der Waals surface area contributed by atoms with Crippen molar-refractivity contribution in [2.45, 2.75) is 33.6 Å². The van der Waals surface area contributed by atoms with E-state index < -0.39 is 0 Å². The molecule has 0 bridgehead atoms. The van der Waals surface area contributed by atoms with E-state index in [-0.39, 0.29) is 11.9 Å². The second-order valence-corrected chi connectivity index (χ2v) is 6.29. The molecule has 0 aliphatic rings. The van der Waals surface area contributed by atoms with Gasteiger partial charge < -0.3 is 10.1 Å². The van der Waals surface area contributed by atoms with E-state index in [2.05, 4.69) is 12.2 Å². The molecule has 0 saturated heterocycles. The lowest BCUT2D eigenvalue weighted by Crippen LogP contribution is -2.07. The van der Waals surface area contributed by atoms with Gasteiger partial charge in [0.25, 0.3) is 0 Å². The third-order valence-corrected chi connectivity index (χ3v) is 4.20. The van der Waals surface area contributed by atoms with E-state index in [4.69, 9.17) is 4.74 Å². The summed E-state index contributed by atoms with van der Waals surface area (Å²) in [6.07, 6.45) is 2.03. The average Bonchev–Trinajstić information content (AvgIpc) is 2.82. The van der Waals surface area contributed by atoms with E-state index in [1.165, 1.54) is 23.8 Å². The number of thiophene rings is 1. The first kappa shape index (κ1) is 16.2. The van der Waals surface area contributed by atoms with Crippen molar-refractivity contribution >= 4 is 28.9 Å². The Hall–Kier alpha value is -2.14. The molecule has 4 nitrogen and oxygen atoms in total. The van der Waals surface area contributed by atoms with Crippen LogP contribution in [0, 0.1) is 6.92 Å². The average molecular weight is 317 g/mol. The fourth-order valence-corrected chi connectivity index (χ4v) is 3.05. The summed E-state index contributed by atoms with van der Waals surface area (Å²) in [5.41, 5.74) is 1.88. The van der Waals surface area contributed by atoms with Gasteiger partial charge in [0.05, 0.1) is 0 Å². The zero-order valence-corrected chi connectivity index (χ0v) is 13.8. The summed E-state index contributed by atoms with van der Waals surface area (Å²) >= 11 is 1.46. The van der Waals surface area contributed by atoms with Crippen LogP contribution in [-0.4, -0.2) is 11.9 Å². The van der Waals surface area contributed by atoms with Gasteiger partial charge in [-0.2, -0.15) is 0 Å². The summed E-state index contributed by atoms with van der Waals surface area (Å²) in [5.74, 6) is -0.0211. The molecular weight excluding hydrogens is 298 g/mol. The predicted molar refractivity (Wildman–Crippen MR) is 88.8 cm³/mol. The third-order valence-electron chi connectivity index (χ3n) is 3.13. The van der Waals surface area contributed by atoms with Crippen molar-refractivity contribution in [3.8, 4) is 5.75 Å². The maximum absolute atomic E-state index is 12.2. The Labute approximate surface area is 134 Å². The van der Waals surface area contributed by atoms with Crippen molar-refractivity contribution in [1.29, 1.82) is 0 Å². The van der Waals surface area contributed by atoms with Crippen LogP contribution in [-0.2, 0) is 11.2 Å². The summed E-state index contributed by atoms with van der Waals surface area (Å²) in [6.45, 7) is 5.58. The highest BCUT2D eigenvalue weighted by molar-refractivity contribution is 7.14. The van der Waals surface area contributed by atoms with Crippen LogP contribution in [0.2, 0.25) is 0 Å². The number of carbonyl (C=O) groups excluding carboxylic acids is 2. The van der Waals surface area contributed by atoms with Gasteiger partial charge in [0, 0.05) is 17.5 Å². The van der Waals surface area contributed by atoms with Crippen molar-refractivity contribution in [3.05, 3.63) is 45.6 Å². The number of aryl methyl sites for hydroxylation is 2. The SMILES string of the molecule is CCCc1cc(C(=O)Oc2ccc(NC(C)=O)cc2)sc1C. The molecule has 1 aromatic heterocycles. The highest BCUT2D eigenvalue weighted by atomic mass is 32.1. The van der Waals surface area contributed by atoms with Gasteiger partial charge in [-0.25, -0.2) is 4.79 Å². The van der Waals surface area contributed by atoms with Gasteiger partial charge >= 0.3 is 5.97 Å². The van der Waals surface area contributed by atoms with Crippen molar-refractivity contribution in [2.75, 3.05) is 5.32 Å². The number of anilines is 1. The van der Waals surface area contributed by atoms with Crippen LogP contribution in [0.4, 0.5) is 5.69 Å². The van der Waals surface area contributed by atoms with Crippen LogP contribution in [0.5, 0.6) is 5.75 Å². The maximum Gasteiger partial charge on any atom is 0.353 e. The molecule has 1 heterocycles. The molecule has 22 heavy (non-hydrogen) atoms. The second-order valence-electron chi connectivity index (χ2n) is 5.04. The Bertz CT molecular complexity index is 674. The summed E-state index contributed by atoms with van der Waals surface area (Å²) in [5, 5.41) is 2.66. The fraction of sp³-hybridized carbons (Fsp3) is 0.294. The minimum Gasteiger partial charge on any atom is -0.422 e. The van der Waals surface area contributed by atoms with Crippen LogP contribution in [0.25, 0.3) is 0 Å². The number of carbonyl (C=O) groups is 2. The van der Waals surface area contributed by atoms with E-state index in [9.17, 15) is 9.59 Å². The second kappa shape index (κ2) is 7.22. The Morgan fingerprint density at radius 3 is 2.50 bits per heavy atom. The molecule has 0 aliphatic heterocycles. The summed E-state index contributed by atoms with van der Waals surface area (Å²) < 4.78 is 5.37. The van der Waals surface area contributed by atoms with E-state index in [1.54, 1.807) is 24.3 Å². The zero-order chi connectivity index (χ0) is 16.1. The zero-order valence-electron chi connectivity index (χ0n) is 12.9. The fourth-order valence-electron chi connectivity index (χ4n) is 2.10. The van der Waals surface area contributed by atoms with Crippen molar-refractivity contribution in [3.63, 3.8) is 0 Å². The van der Waals surface area contributed by atoms with Gasteiger partial charge in [0.1, 0.15) is 10.6 Å². The molecule has 116 valence electrons. The van der Waals surface area contributed by atoms with Crippen molar-refractivity contribution < 1.29 is 14.3 Å². The maximum atomic E-state index is 12.2. The molecule has 2 aromatic rings. The van der Waals surface area contributed by atoms with Crippen molar-refractivity contribution in [1.82, 2.24) is 0 Å². The molecular formula is C17H19NO3S. The quantitative estimate of drug-likeness (QED) is 0.664. The van der Waals surface area contributed by atoms with Crippen molar-refractivity contribution in [2.24, 2.45) is 0 Å². The Morgan fingerprint density at radius 2 is 1.91 bits per heavy atom. The predicted octanol–water partition coefficient (Wildman–Crippen LogP) is 4.19. The first-order chi connectivity index (χ1) is 10.5. The monoisotopic (exact) mass is 317 g/mol. The van der Waals surface area contributed by atoms with Gasteiger partial charge in [-0.1, -0.05) is 13.3 Å². The van der Waals surface area contributed by atoms with Crippen LogP contribution in [0.1, 0.15) is 40.4 Å². The Balaban J connectivity index is 2.05. The highest BCUT2D eigenvalue weighted by Gasteiger charge is 2.14. The molecule has 1 amide bonds. The van der Waals surface area contributed by atoms with Gasteiger partial charge in [-0.15, -0.1) is 11.3 Å². The van der Waals surface area contributed by atoms with Gasteiger partial charge in [-0.3, -0.25) is 4.79 Å². The molecule has 1 aromatic carbocycles. The first-order valence-electron chi connectivity index (χ1n) is 7.18. The smallest absolute Gasteiger partial charge is 0.353 e. The van der Waals surface area contributed by atoms with Gasteiger partial charge in [0.2, 0.25) is 5.91 Å². The standard InChI is InChI=1S/C17H19NO3S/c1-4-5-13-10-16(22-11(13)2)17(20)21-15-8-6-14(7-9-15)18-12(3)19/h6-10H,4-5H2,1-3H3,(H,18,19). The Morgan fingerprint density at radius 1 is 1.23 bits per heavy atom. The van der Waals surface area contributed by atoms with Crippen LogP contribution < -0.4 is 10.1 Å². The van der Waals surface area contributed by atoms with E-state index in [1.807, 2.05) is 13.0 Å². The van der Waals surface area contributed by atoms with Crippen LogP contribution in [0.15, 0.2) is 30.3 Å². The molecule has 0 saturated carbocycles. The first-order valence-corrected chi connectivity index (χ1v) is 8.00. The van der Waals surface area contributed by atoms with Crippen LogP contribution in [0.3, 0.4) is 0 Å². The summed E-state index contributed by atoms with van der Waals surface area (Å²) in [4.78, 5) is 24.9. The topological polar surface area (TPSA) is 55.4 Å². The largest absolute Gasteiger partial charge is 0.422 e. The van der Waals surface area contributed by atoms with Gasteiger partial charge in [-0.05, 0) is 49.2 Å². The summed E-state index contributed by atoms with van der Waals surface area (Å²) in [7, 11) is 0. The van der Waals surface area contributed by atoms with Gasteiger partial charge in [0.15, 0.2) is 0 Å².